The third-order valence-corrected chi connectivity index (χ3v) is 6.68. The number of rotatable bonds is 10. The molecule has 1 amide bonds. The highest BCUT2D eigenvalue weighted by Crippen LogP contribution is 2.41. The Bertz CT molecular complexity index is 1290. The zero-order valence-corrected chi connectivity index (χ0v) is 22.2. The summed E-state index contributed by atoms with van der Waals surface area (Å²) in [4.78, 5) is 31.0. The second kappa shape index (κ2) is 10.8. The summed E-state index contributed by atoms with van der Waals surface area (Å²) in [5, 5.41) is 0.442. The highest BCUT2D eigenvalue weighted by atomic mass is 79.9. The number of fused-ring (bicyclic) bond motifs is 2. The lowest BCUT2D eigenvalue weighted by molar-refractivity contribution is 0.0722. The van der Waals surface area contributed by atoms with Crippen molar-refractivity contribution in [1.82, 2.24) is 9.80 Å². The van der Waals surface area contributed by atoms with E-state index in [1.165, 1.54) is 0 Å². The predicted octanol–water partition coefficient (Wildman–Crippen LogP) is 5.24. The van der Waals surface area contributed by atoms with E-state index in [9.17, 15) is 9.59 Å². The molecular weight excluding hydrogens is 512 g/mol. The van der Waals surface area contributed by atoms with E-state index in [2.05, 4.69) is 27.8 Å². The van der Waals surface area contributed by atoms with Crippen LogP contribution in [0.15, 0.2) is 50.1 Å². The van der Waals surface area contributed by atoms with E-state index < -0.39 is 6.04 Å². The van der Waals surface area contributed by atoms with Crippen molar-refractivity contribution in [2.24, 2.45) is 0 Å². The number of halogens is 1. The number of amides is 1. The van der Waals surface area contributed by atoms with Crippen LogP contribution in [0.2, 0.25) is 0 Å². The second-order valence-electron chi connectivity index (χ2n) is 8.98. The minimum Gasteiger partial charge on any atom is -0.493 e. The minimum atomic E-state index is -0.571. The molecule has 0 aliphatic carbocycles. The third-order valence-electron chi connectivity index (χ3n) is 6.19. The zero-order valence-electron chi connectivity index (χ0n) is 20.6. The van der Waals surface area contributed by atoms with Gasteiger partial charge in [0, 0.05) is 11.0 Å². The average molecular weight is 543 g/mol. The van der Waals surface area contributed by atoms with Crippen LogP contribution in [0, 0.1) is 0 Å². The van der Waals surface area contributed by atoms with Gasteiger partial charge in [-0.25, -0.2) is 0 Å². The fourth-order valence-corrected chi connectivity index (χ4v) is 4.79. The zero-order chi connectivity index (χ0) is 25.1. The Morgan fingerprint density at radius 3 is 2.60 bits per heavy atom. The van der Waals surface area contributed by atoms with Crippen LogP contribution < -0.4 is 14.9 Å². The van der Waals surface area contributed by atoms with Crippen molar-refractivity contribution in [3.63, 3.8) is 0 Å². The first-order valence-electron chi connectivity index (χ1n) is 11.9. The number of carbonyl (C=O) groups excluding carboxylic acids is 1. The van der Waals surface area contributed by atoms with Crippen LogP contribution in [0.5, 0.6) is 11.5 Å². The molecule has 0 bridgehead atoms. The Kier molecular flexibility index (Phi) is 7.82. The molecule has 0 radical (unpaired) electrons. The van der Waals surface area contributed by atoms with Gasteiger partial charge in [0.05, 0.1) is 30.7 Å². The van der Waals surface area contributed by atoms with Gasteiger partial charge in [-0.1, -0.05) is 35.3 Å². The molecule has 3 aromatic rings. The molecule has 7 nitrogen and oxygen atoms in total. The fourth-order valence-electron chi connectivity index (χ4n) is 4.43. The Labute approximate surface area is 213 Å². The molecule has 0 saturated carbocycles. The Morgan fingerprint density at radius 2 is 1.89 bits per heavy atom. The molecule has 1 atom stereocenters. The maximum Gasteiger partial charge on any atom is 0.290 e. The topological polar surface area (TPSA) is 72.2 Å². The molecule has 4 rings (SSSR count). The first-order valence-corrected chi connectivity index (χ1v) is 12.7. The average Bonchev–Trinajstić information content (AvgIpc) is 3.11. The lowest BCUT2D eigenvalue weighted by Gasteiger charge is -2.26. The van der Waals surface area contributed by atoms with Gasteiger partial charge in [0.15, 0.2) is 16.9 Å². The summed E-state index contributed by atoms with van der Waals surface area (Å²) < 4.78 is 18.3. The maximum atomic E-state index is 13.7. The van der Waals surface area contributed by atoms with Crippen LogP contribution in [0.1, 0.15) is 53.9 Å². The number of methoxy groups -OCH3 is 1. The molecule has 2 heterocycles. The van der Waals surface area contributed by atoms with Gasteiger partial charge in [-0.2, -0.15) is 0 Å². The molecule has 0 fully saturated rings. The van der Waals surface area contributed by atoms with Crippen molar-refractivity contribution >= 4 is 32.8 Å². The molecular formula is C27H31BrN2O5. The molecule has 35 heavy (non-hydrogen) atoms. The fraction of sp³-hybridized carbons (Fsp3) is 0.407. The lowest BCUT2D eigenvalue weighted by Crippen LogP contribution is -2.32. The number of hydrogen-bond acceptors (Lipinski definition) is 6. The number of carbonyl (C=O) groups is 1. The van der Waals surface area contributed by atoms with E-state index in [1.807, 2.05) is 32.3 Å². The number of hydrogen-bond donors (Lipinski definition) is 0. The van der Waals surface area contributed by atoms with Crippen LogP contribution >= 0.6 is 15.9 Å². The summed E-state index contributed by atoms with van der Waals surface area (Å²) >= 11 is 3.44. The number of unbranched alkanes of at least 4 members (excludes halogenated alkanes) is 1. The van der Waals surface area contributed by atoms with E-state index in [0.717, 1.165) is 35.8 Å². The van der Waals surface area contributed by atoms with Gasteiger partial charge in [0.25, 0.3) is 5.91 Å². The van der Waals surface area contributed by atoms with E-state index in [4.69, 9.17) is 13.9 Å². The van der Waals surface area contributed by atoms with Crippen LogP contribution in [0.4, 0.5) is 0 Å². The third kappa shape index (κ3) is 5.09. The summed E-state index contributed by atoms with van der Waals surface area (Å²) in [7, 11) is 5.58. The Hall–Kier alpha value is -2.84. The molecule has 1 aliphatic heterocycles. The maximum absolute atomic E-state index is 13.7. The SMILES string of the molecule is CCCCOc1ccc(C2c3c(oc4ccc(Br)cc4c3=O)C(=O)N2CCCN(C)C)cc1OC. The molecule has 8 heteroatoms. The monoisotopic (exact) mass is 542 g/mol. The van der Waals surface area contributed by atoms with Crippen LogP contribution in [-0.2, 0) is 0 Å². The Balaban J connectivity index is 1.82. The minimum absolute atomic E-state index is 0.113. The second-order valence-corrected chi connectivity index (χ2v) is 9.90. The van der Waals surface area contributed by atoms with Crippen molar-refractivity contribution in [1.29, 1.82) is 0 Å². The largest absolute Gasteiger partial charge is 0.493 e. The van der Waals surface area contributed by atoms with Gasteiger partial charge in [0.1, 0.15) is 5.58 Å². The number of ether oxygens (including phenoxy) is 2. The van der Waals surface area contributed by atoms with Gasteiger partial charge < -0.3 is 23.7 Å². The van der Waals surface area contributed by atoms with Crippen LogP contribution in [-0.4, -0.2) is 56.6 Å². The summed E-state index contributed by atoms with van der Waals surface area (Å²) in [6.07, 6.45) is 2.74. The van der Waals surface area contributed by atoms with E-state index in [1.54, 1.807) is 30.2 Å². The molecule has 0 spiro atoms. The van der Waals surface area contributed by atoms with Gasteiger partial charge in [-0.05, 0) is 69.4 Å². The predicted molar refractivity (Wildman–Crippen MR) is 140 cm³/mol. The van der Waals surface area contributed by atoms with E-state index in [0.29, 0.717) is 41.2 Å². The van der Waals surface area contributed by atoms with Gasteiger partial charge in [-0.3, -0.25) is 9.59 Å². The molecule has 0 N–H and O–H groups in total. The summed E-state index contributed by atoms with van der Waals surface area (Å²) in [5.74, 6) is 1.05. The normalized spacial score (nSPS) is 15.2. The van der Waals surface area contributed by atoms with E-state index >= 15 is 0 Å². The smallest absolute Gasteiger partial charge is 0.290 e. The van der Waals surface area contributed by atoms with Gasteiger partial charge in [0.2, 0.25) is 5.76 Å². The lowest BCUT2D eigenvalue weighted by atomic mass is 9.98. The quantitative estimate of drug-likeness (QED) is 0.326. The summed E-state index contributed by atoms with van der Waals surface area (Å²) in [5.41, 5.74) is 1.35. The van der Waals surface area contributed by atoms with Gasteiger partial charge in [-0.15, -0.1) is 0 Å². The Morgan fingerprint density at radius 1 is 1.09 bits per heavy atom. The van der Waals surface area contributed by atoms with E-state index in [-0.39, 0.29) is 17.1 Å². The van der Waals surface area contributed by atoms with Crippen LogP contribution in [0.25, 0.3) is 11.0 Å². The van der Waals surface area contributed by atoms with Crippen molar-refractivity contribution in [2.75, 3.05) is 40.9 Å². The van der Waals surface area contributed by atoms with Crippen molar-refractivity contribution in [3.05, 3.63) is 68.0 Å². The molecule has 2 aromatic carbocycles. The first-order chi connectivity index (χ1) is 16.8. The van der Waals surface area contributed by atoms with Crippen LogP contribution in [0.3, 0.4) is 0 Å². The van der Waals surface area contributed by atoms with Crippen molar-refractivity contribution in [3.8, 4) is 11.5 Å². The molecule has 1 unspecified atom stereocenters. The number of nitrogens with zero attached hydrogens (tertiary/aromatic N) is 2. The van der Waals surface area contributed by atoms with Crippen molar-refractivity contribution in [2.45, 2.75) is 32.2 Å². The standard InChI is InChI=1S/C27H31BrN2O5/c1-5-6-14-34-21-10-8-17(15-22(21)33-4)24-23-25(31)19-16-18(28)9-11-20(19)35-26(23)27(32)30(24)13-7-12-29(2)3/h8-11,15-16,24H,5-7,12-14H2,1-4H3. The number of benzene rings is 2. The molecule has 1 aliphatic rings. The summed E-state index contributed by atoms with van der Waals surface area (Å²) in [6.45, 7) is 4.01. The molecule has 0 saturated heterocycles. The summed E-state index contributed by atoms with van der Waals surface area (Å²) in [6, 6.07) is 10.3. The highest BCUT2D eigenvalue weighted by Gasteiger charge is 2.42. The molecule has 186 valence electrons. The van der Waals surface area contributed by atoms with Crippen molar-refractivity contribution < 1.29 is 18.7 Å². The highest BCUT2D eigenvalue weighted by molar-refractivity contribution is 9.10. The first kappa shape index (κ1) is 25.3. The van der Waals surface area contributed by atoms with Gasteiger partial charge >= 0.3 is 0 Å². The molecule has 1 aromatic heterocycles.